The Kier molecular flexibility index (Phi) is 6.13. The van der Waals surface area contributed by atoms with E-state index in [9.17, 15) is 4.79 Å². The van der Waals surface area contributed by atoms with Crippen LogP contribution in [0.1, 0.15) is 34.0 Å². The molecule has 3 nitrogen and oxygen atoms in total. The highest BCUT2D eigenvalue weighted by molar-refractivity contribution is 7.22. The van der Waals surface area contributed by atoms with Crippen molar-refractivity contribution in [1.29, 1.82) is 0 Å². The number of carbonyl (C=O) groups is 1. The molecule has 3 rings (SSSR count). The number of thiazole rings is 1. The number of aryl methyl sites for hydroxylation is 3. The summed E-state index contributed by atoms with van der Waals surface area (Å²) in [7, 11) is 0. The van der Waals surface area contributed by atoms with Crippen LogP contribution in [0.3, 0.4) is 0 Å². The molecule has 0 atom stereocenters. The van der Waals surface area contributed by atoms with Gasteiger partial charge in [0.2, 0.25) is 0 Å². The fourth-order valence-corrected chi connectivity index (χ4v) is 3.41. The second-order valence-corrected chi connectivity index (χ2v) is 6.73. The van der Waals surface area contributed by atoms with Crippen LogP contribution >= 0.6 is 11.3 Å². The lowest BCUT2D eigenvalue weighted by Gasteiger charge is -2.03. The zero-order chi connectivity index (χ0) is 16.4. The molecule has 24 heavy (non-hydrogen) atoms. The summed E-state index contributed by atoms with van der Waals surface area (Å²) >= 11 is 1.59. The molecule has 0 saturated heterocycles. The van der Waals surface area contributed by atoms with Gasteiger partial charge < -0.3 is 22.3 Å². The van der Waals surface area contributed by atoms with Crippen molar-refractivity contribution in [3.8, 4) is 0 Å². The number of ketones is 1. The molecule has 0 radical (unpaired) electrons. The second kappa shape index (κ2) is 7.90. The molecule has 0 saturated carbocycles. The first-order valence-corrected chi connectivity index (χ1v) is 8.63. The Morgan fingerprint density at radius 3 is 2.50 bits per heavy atom. The van der Waals surface area contributed by atoms with Crippen LogP contribution in [0.25, 0.3) is 10.2 Å². The summed E-state index contributed by atoms with van der Waals surface area (Å²) in [6.07, 6.45) is 0.983. The molecule has 0 fully saturated rings. The average Bonchev–Trinajstić information content (AvgIpc) is 3.00. The predicted octanol–water partition coefficient (Wildman–Crippen LogP) is 1.77. The van der Waals surface area contributed by atoms with Crippen molar-refractivity contribution in [1.82, 2.24) is 4.98 Å². The van der Waals surface area contributed by atoms with Gasteiger partial charge in [-0.2, -0.15) is 0 Å². The van der Waals surface area contributed by atoms with Crippen LogP contribution in [0, 0.1) is 13.8 Å². The van der Waals surface area contributed by atoms with Crippen molar-refractivity contribution >= 4 is 32.5 Å². The fraction of sp³-hybridized carbons (Fsp3) is 0.263. The van der Waals surface area contributed by atoms with Gasteiger partial charge in [-0.05, 0) is 43.0 Å². The molecular formula is C19H20BrN2OS-. The van der Waals surface area contributed by atoms with Crippen LogP contribution in [-0.4, -0.2) is 17.3 Å². The van der Waals surface area contributed by atoms with Gasteiger partial charge in [-0.3, -0.25) is 4.79 Å². The van der Waals surface area contributed by atoms with Gasteiger partial charge in [0.05, 0.1) is 16.8 Å². The monoisotopic (exact) mass is 403 g/mol. The Morgan fingerprint density at radius 2 is 1.83 bits per heavy atom. The third-order valence-electron chi connectivity index (χ3n) is 4.17. The number of benzene rings is 2. The van der Waals surface area contributed by atoms with Gasteiger partial charge in [-0.1, -0.05) is 48.6 Å². The summed E-state index contributed by atoms with van der Waals surface area (Å²) in [5.74, 6) is 0.0832. The lowest BCUT2D eigenvalue weighted by atomic mass is 10.1. The number of carbonyl (C=O) groups excluding carboxylic acids is 1. The van der Waals surface area contributed by atoms with E-state index in [1.54, 1.807) is 11.3 Å². The molecule has 126 valence electrons. The molecule has 0 amide bonds. The van der Waals surface area contributed by atoms with Gasteiger partial charge in [-0.25, -0.2) is 4.98 Å². The van der Waals surface area contributed by atoms with Crippen LogP contribution < -0.4 is 22.3 Å². The van der Waals surface area contributed by atoms with E-state index in [4.69, 9.17) is 0 Å². The standard InChI is InChI=1S/C19H20N2OS.BrH/c1-4-14-6-8-15(9-7-14)16(22)11-20-19-21-18-13(3)12(2)5-10-17(18)23-19;/h5-10H,4,11H2,1-3H3,(H,20,21);1H/p-1. The normalized spacial score (nSPS) is 10.5. The molecule has 0 aliphatic carbocycles. The topological polar surface area (TPSA) is 42.0 Å². The van der Waals surface area contributed by atoms with Crippen molar-refractivity contribution in [3.05, 3.63) is 58.7 Å². The maximum atomic E-state index is 12.3. The highest BCUT2D eigenvalue weighted by Crippen LogP contribution is 2.29. The van der Waals surface area contributed by atoms with E-state index < -0.39 is 0 Å². The number of hydrogen-bond acceptors (Lipinski definition) is 4. The highest BCUT2D eigenvalue weighted by Gasteiger charge is 2.10. The molecule has 1 aromatic heterocycles. The first-order valence-electron chi connectivity index (χ1n) is 7.81. The third kappa shape index (κ3) is 3.84. The van der Waals surface area contributed by atoms with Crippen LogP contribution in [0.5, 0.6) is 0 Å². The molecule has 0 unspecified atom stereocenters. The molecule has 0 bridgehead atoms. The Morgan fingerprint density at radius 1 is 1.12 bits per heavy atom. The van der Waals surface area contributed by atoms with E-state index in [-0.39, 0.29) is 29.3 Å². The Bertz CT molecular complexity index is 856. The maximum absolute atomic E-state index is 12.3. The fourth-order valence-electron chi connectivity index (χ4n) is 2.49. The van der Waals surface area contributed by atoms with Gasteiger partial charge in [0.25, 0.3) is 0 Å². The third-order valence-corrected chi connectivity index (χ3v) is 5.15. The van der Waals surface area contributed by atoms with Crippen molar-refractivity contribution in [3.63, 3.8) is 0 Å². The number of anilines is 1. The molecule has 3 aromatic rings. The lowest BCUT2D eigenvalue weighted by molar-refractivity contribution is -0.0000124. The van der Waals surface area contributed by atoms with Gasteiger partial charge in [0, 0.05) is 5.56 Å². The van der Waals surface area contributed by atoms with Gasteiger partial charge >= 0.3 is 0 Å². The number of hydrogen-bond donors (Lipinski definition) is 1. The number of Topliss-reactive ketones (excluding diaryl/α,β-unsaturated/α-hetero) is 1. The summed E-state index contributed by atoms with van der Waals surface area (Å²) in [5.41, 5.74) is 5.45. The van der Waals surface area contributed by atoms with Gasteiger partial charge in [-0.15, -0.1) is 0 Å². The largest absolute Gasteiger partial charge is 1.00 e. The summed E-state index contributed by atoms with van der Waals surface area (Å²) in [4.78, 5) is 16.9. The van der Waals surface area contributed by atoms with E-state index in [1.165, 1.54) is 16.7 Å². The Hall–Kier alpha value is -1.72. The maximum Gasteiger partial charge on any atom is 0.184 e. The molecule has 0 aliphatic rings. The van der Waals surface area contributed by atoms with E-state index in [2.05, 4.69) is 43.2 Å². The SMILES string of the molecule is CCc1ccc(C(=O)CNc2nc3c(C)c(C)ccc3s2)cc1.[Br-]. The van der Waals surface area contributed by atoms with Crippen LogP contribution in [-0.2, 0) is 6.42 Å². The van der Waals surface area contributed by atoms with E-state index in [0.29, 0.717) is 0 Å². The van der Waals surface area contributed by atoms with Crippen molar-refractivity contribution in [2.24, 2.45) is 0 Å². The van der Waals surface area contributed by atoms with Crippen molar-refractivity contribution in [2.75, 3.05) is 11.9 Å². The zero-order valence-electron chi connectivity index (χ0n) is 14.0. The smallest absolute Gasteiger partial charge is 0.184 e. The van der Waals surface area contributed by atoms with E-state index in [0.717, 1.165) is 27.3 Å². The lowest BCUT2D eigenvalue weighted by Crippen LogP contribution is -3.00. The molecule has 2 aromatic carbocycles. The van der Waals surface area contributed by atoms with E-state index >= 15 is 0 Å². The van der Waals surface area contributed by atoms with Crippen molar-refractivity contribution in [2.45, 2.75) is 27.2 Å². The number of fused-ring (bicyclic) bond motifs is 1. The minimum atomic E-state index is 0. The first kappa shape index (κ1) is 18.6. The second-order valence-electron chi connectivity index (χ2n) is 5.70. The molecule has 1 heterocycles. The quantitative estimate of drug-likeness (QED) is 0.660. The van der Waals surface area contributed by atoms with Crippen LogP contribution in [0.2, 0.25) is 0 Å². The van der Waals surface area contributed by atoms with Crippen LogP contribution in [0.15, 0.2) is 36.4 Å². The van der Waals surface area contributed by atoms with Gasteiger partial charge in [0.15, 0.2) is 10.9 Å². The summed E-state index contributed by atoms with van der Waals surface area (Å²) in [6, 6.07) is 12.0. The molecule has 0 aliphatic heterocycles. The molecular weight excluding hydrogens is 384 g/mol. The summed E-state index contributed by atoms with van der Waals surface area (Å²) in [6.45, 7) is 6.55. The van der Waals surface area contributed by atoms with E-state index in [1.807, 2.05) is 24.3 Å². The van der Waals surface area contributed by atoms with Gasteiger partial charge in [0.1, 0.15) is 0 Å². The number of rotatable bonds is 5. The predicted molar refractivity (Wildman–Crippen MR) is 97.7 cm³/mol. The molecule has 5 heteroatoms. The Balaban J connectivity index is 0.00000208. The number of aromatic nitrogens is 1. The number of halogens is 1. The average molecular weight is 404 g/mol. The van der Waals surface area contributed by atoms with Crippen LogP contribution in [0.4, 0.5) is 5.13 Å². The number of nitrogens with one attached hydrogen (secondary N) is 1. The van der Waals surface area contributed by atoms with Crippen molar-refractivity contribution < 1.29 is 21.8 Å². The zero-order valence-corrected chi connectivity index (χ0v) is 16.4. The molecule has 0 spiro atoms. The molecule has 1 N–H and O–H groups in total. The highest BCUT2D eigenvalue weighted by atomic mass is 79.9. The first-order chi connectivity index (χ1) is 11.1. The summed E-state index contributed by atoms with van der Waals surface area (Å²) in [5, 5.41) is 3.96. The minimum absolute atomic E-state index is 0. The Labute approximate surface area is 156 Å². The summed E-state index contributed by atoms with van der Waals surface area (Å²) < 4.78 is 1.15. The minimum Gasteiger partial charge on any atom is -1.00 e. The number of nitrogens with zero attached hydrogens (tertiary/aromatic N) is 1.